The second-order valence-electron chi connectivity index (χ2n) is 2.85. The highest BCUT2D eigenvalue weighted by Gasteiger charge is 2.09. The summed E-state index contributed by atoms with van der Waals surface area (Å²) in [7, 11) is 0. The van der Waals surface area contributed by atoms with E-state index in [0.29, 0.717) is 12.2 Å². The van der Waals surface area contributed by atoms with E-state index in [1.165, 1.54) is 12.1 Å². The van der Waals surface area contributed by atoms with Gasteiger partial charge in [0.1, 0.15) is 11.9 Å². The van der Waals surface area contributed by atoms with Crippen molar-refractivity contribution in [3.8, 4) is 0 Å². The van der Waals surface area contributed by atoms with Crippen LogP contribution in [0, 0.1) is 5.82 Å². The lowest BCUT2D eigenvalue weighted by Crippen LogP contribution is -2.07. The van der Waals surface area contributed by atoms with Crippen LogP contribution in [0.15, 0.2) is 18.2 Å². The molecule has 0 radical (unpaired) electrons. The average molecular weight is 219 g/mol. The third kappa shape index (κ3) is 2.94. The molecule has 0 amide bonds. The molecule has 0 bridgehead atoms. The van der Waals surface area contributed by atoms with Crippen molar-refractivity contribution in [1.82, 2.24) is 0 Å². The number of halogens is 2. The van der Waals surface area contributed by atoms with Crippen LogP contribution in [-0.4, -0.2) is 18.3 Å². The van der Waals surface area contributed by atoms with Gasteiger partial charge in [-0.25, -0.2) is 4.39 Å². The Labute approximate surface area is 87.3 Å². The minimum atomic E-state index is -0.804. The maximum atomic E-state index is 13.0. The van der Waals surface area contributed by atoms with Crippen LogP contribution in [0.3, 0.4) is 0 Å². The first kappa shape index (κ1) is 11.4. The zero-order chi connectivity index (χ0) is 10.6. The molecule has 0 spiro atoms. The average Bonchev–Trinajstić information content (AvgIpc) is 2.18. The first-order valence-electron chi connectivity index (χ1n) is 4.36. The Bertz CT molecular complexity index is 304. The van der Waals surface area contributed by atoms with Crippen LogP contribution >= 0.6 is 11.6 Å². The number of aliphatic hydroxyl groups excluding tert-OH is 1. The third-order valence-electron chi connectivity index (χ3n) is 1.81. The predicted molar refractivity (Wildman–Crippen MR) is 52.9 cm³/mol. The molecule has 0 aliphatic carbocycles. The molecule has 0 aliphatic rings. The van der Waals surface area contributed by atoms with Crippen molar-refractivity contribution in [1.29, 1.82) is 0 Å². The summed E-state index contributed by atoms with van der Waals surface area (Å²) >= 11 is 5.50. The summed E-state index contributed by atoms with van der Waals surface area (Å²) in [4.78, 5) is 0. The molecule has 14 heavy (non-hydrogen) atoms. The van der Waals surface area contributed by atoms with Crippen LogP contribution in [0.1, 0.15) is 18.6 Å². The Kier molecular flexibility index (Phi) is 4.32. The molecule has 0 saturated heterocycles. The quantitative estimate of drug-likeness (QED) is 0.842. The Balaban J connectivity index is 2.70. The molecular weight excluding hydrogens is 207 g/mol. The summed E-state index contributed by atoms with van der Waals surface area (Å²) < 4.78 is 18.0. The summed E-state index contributed by atoms with van der Waals surface area (Å²) in [5.41, 5.74) is 0.473. The molecule has 0 aromatic heterocycles. The van der Waals surface area contributed by atoms with Gasteiger partial charge in [-0.05, 0) is 24.6 Å². The Morgan fingerprint density at radius 3 is 2.86 bits per heavy atom. The van der Waals surface area contributed by atoms with E-state index in [2.05, 4.69) is 0 Å². The highest BCUT2D eigenvalue weighted by molar-refractivity contribution is 6.30. The van der Waals surface area contributed by atoms with E-state index < -0.39 is 11.9 Å². The number of rotatable bonds is 4. The van der Waals surface area contributed by atoms with Gasteiger partial charge in [0.05, 0.1) is 11.6 Å². The van der Waals surface area contributed by atoms with E-state index in [-0.39, 0.29) is 11.6 Å². The van der Waals surface area contributed by atoms with E-state index in [1.54, 1.807) is 6.07 Å². The maximum Gasteiger partial charge on any atom is 0.142 e. The molecule has 1 atom stereocenters. The smallest absolute Gasteiger partial charge is 0.142 e. The maximum absolute atomic E-state index is 13.0. The number of ether oxygens (including phenoxy) is 1. The summed E-state index contributed by atoms with van der Waals surface area (Å²) in [5, 5.41) is 9.59. The highest BCUT2D eigenvalue weighted by Crippen LogP contribution is 2.20. The van der Waals surface area contributed by atoms with Crippen LogP contribution in [-0.2, 0) is 4.74 Å². The van der Waals surface area contributed by atoms with Gasteiger partial charge in [0.15, 0.2) is 0 Å². The van der Waals surface area contributed by atoms with Gasteiger partial charge in [0, 0.05) is 6.61 Å². The molecule has 4 heteroatoms. The van der Waals surface area contributed by atoms with E-state index >= 15 is 0 Å². The van der Waals surface area contributed by atoms with Crippen molar-refractivity contribution in [2.24, 2.45) is 0 Å². The largest absolute Gasteiger partial charge is 0.386 e. The predicted octanol–water partition coefficient (Wildman–Crippen LogP) is 2.55. The lowest BCUT2D eigenvalue weighted by Gasteiger charge is -2.10. The van der Waals surface area contributed by atoms with Crippen LogP contribution in [0.5, 0.6) is 0 Å². The second-order valence-corrected chi connectivity index (χ2v) is 3.26. The van der Waals surface area contributed by atoms with Crippen LogP contribution < -0.4 is 0 Å². The van der Waals surface area contributed by atoms with E-state index in [1.807, 2.05) is 6.92 Å². The summed E-state index contributed by atoms with van der Waals surface area (Å²) in [6, 6.07) is 4.21. The van der Waals surface area contributed by atoms with Crippen molar-refractivity contribution >= 4 is 11.6 Å². The lowest BCUT2D eigenvalue weighted by molar-refractivity contribution is 0.0419. The van der Waals surface area contributed by atoms with Crippen molar-refractivity contribution in [2.75, 3.05) is 13.2 Å². The zero-order valence-corrected chi connectivity index (χ0v) is 8.59. The number of aliphatic hydroxyl groups is 1. The first-order valence-corrected chi connectivity index (χ1v) is 4.73. The molecule has 1 rings (SSSR count). The van der Waals surface area contributed by atoms with Crippen molar-refractivity contribution < 1.29 is 14.2 Å². The molecule has 0 saturated carbocycles. The van der Waals surface area contributed by atoms with Gasteiger partial charge in [0.2, 0.25) is 0 Å². The topological polar surface area (TPSA) is 29.5 Å². The molecule has 1 aromatic rings. The van der Waals surface area contributed by atoms with Gasteiger partial charge >= 0.3 is 0 Å². The van der Waals surface area contributed by atoms with E-state index in [0.717, 1.165) is 0 Å². The molecule has 1 aromatic carbocycles. The van der Waals surface area contributed by atoms with E-state index in [4.69, 9.17) is 16.3 Å². The first-order chi connectivity index (χ1) is 6.65. The third-order valence-corrected chi connectivity index (χ3v) is 2.11. The molecule has 0 fully saturated rings. The molecule has 0 aliphatic heterocycles. The van der Waals surface area contributed by atoms with Gasteiger partial charge in [-0.3, -0.25) is 0 Å². The standard InChI is InChI=1S/C10H12ClFO2/c1-2-14-6-10(13)7-3-4-8(11)9(12)5-7/h3-5,10,13H,2,6H2,1H3. The molecule has 1 N–H and O–H groups in total. The number of hydrogen-bond acceptors (Lipinski definition) is 2. The molecule has 1 unspecified atom stereocenters. The molecule has 78 valence electrons. The van der Waals surface area contributed by atoms with Gasteiger partial charge in [-0.2, -0.15) is 0 Å². The summed E-state index contributed by atoms with van der Waals surface area (Å²) in [6.07, 6.45) is -0.804. The summed E-state index contributed by atoms with van der Waals surface area (Å²) in [6.45, 7) is 2.51. The Morgan fingerprint density at radius 2 is 2.29 bits per heavy atom. The Hall–Kier alpha value is -0.640. The number of benzene rings is 1. The minimum Gasteiger partial charge on any atom is -0.386 e. The fourth-order valence-corrected chi connectivity index (χ4v) is 1.16. The van der Waals surface area contributed by atoms with Crippen molar-refractivity contribution in [3.05, 3.63) is 34.6 Å². The van der Waals surface area contributed by atoms with Crippen molar-refractivity contribution in [3.63, 3.8) is 0 Å². The molecular formula is C10H12ClFO2. The Morgan fingerprint density at radius 1 is 1.57 bits per heavy atom. The van der Waals surface area contributed by atoms with Crippen LogP contribution in [0.4, 0.5) is 4.39 Å². The van der Waals surface area contributed by atoms with Gasteiger partial charge in [-0.1, -0.05) is 17.7 Å². The van der Waals surface area contributed by atoms with Gasteiger partial charge in [0.25, 0.3) is 0 Å². The molecule has 0 heterocycles. The SMILES string of the molecule is CCOCC(O)c1ccc(Cl)c(F)c1. The van der Waals surface area contributed by atoms with Crippen LogP contribution in [0.2, 0.25) is 5.02 Å². The lowest BCUT2D eigenvalue weighted by atomic mass is 10.1. The van der Waals surface area contributed by atoms with Gasteiger partial charge < -0.3 is 9.84 Å². The normalized spacial score (nSPS) is 12.9. The summed E-state index contributed by atoms with van der Waals surface area (Å²) in [5.74, 6) is -0.528. The number of hydrogen-bond donors (Lipinski definition) is 1. The van der Waals surface area contributed by atoms with Crippen LogP contribution in [0.25, 0.3) is 0 Å². The van der Waals surface area contributed by atoms with Gasteiger partial charge in [-0.15, -0.1) is 0 Å². The van der Waals surface area contributed by atoms with Crippen molar-refractivity contribution in [2.45, 2.75) is 13.0 Å². The molecule has 2 nitrogen and oxygen atoms in total. The minimum absolute atomic E-state index is 0.0531. The monoisotopic (exact) mass is 218 g/mol. The second kappa shape index (κ2) is 5.29. The highest BCUT2D eigenvalue weighted by atomic mass is 35.5. The fourth-order valence-electron chi connectivity index (χ4n) is 1.05. The van der Waals surface area contributed by atoms with E-state index in [9.17, 15) is 9.50 Å². The fraction of sp³-hybridized carbons (Fsp3) is 0.400. The zero-order valence-electron chi connectivity index (χ0n) is 7.84.